The number of methoxy groups -OCH3 is 1. The molecule has 138 valence electrons. The van der Waals surface area contributed by atoms with Gasteiger partial charge in [-0.3, -0.25) is 10.1 Å². The van der Waals surface area contributed by atoms with E-state index in [9.17, 15) is 18.5 Å². The molecule has 0 saturated heterocycles. The zero-order valence-electron chi connectivity index (χ0n) is 13.7. The van der Waals surface area contributed by atoms with Gasteiger partial charge in [-0.05, 0) is 18.2 Å². The van der Waals surface area contributed by atoms with Crippen LogP contribution in [0.4, 0.5) is 5.69 Å². The van der Waals surface area contributed by atoms with Crippen LogP contribution in [0.5, 0.6) is 17.2 Å². The van der Waals surface area contributed by atoms with Crippen molar-refractivity contribution in [3.63, 3.8) is 0 Å². The van der Waals surface area contributed by atoms with Gasteiger partial charge in [-0.2, -0.15) is 0 Å². The molecular weight excluding hydrogens is 364 g/mol. The third-order valence-corrected chi connectivity index (χ3v) is 5.18. The van der Waals surface area contributed by atoms with Crippen LogP contribution in [0.25, 0.3) is 0 Å². The number of hydrogen-bond donors (Lipinski definition) is 1. The fourth-order valence-corrected chi connectivity index (χ4v) is 3.65. The number of non-ortho nitro benzene ring substituents is 1. The van der Waals surface area contributed by atoms with Gasteiger partial charge in [-0.15, -0.1) is 0 Å². The van der Waals surface area contributed by atoms with E-state index in [0.29, 0.717) is 11.5 Å². The SMILES string of the molecule is COc1cc([N+](=O)[O-])ccc1S(=O)(=O)NCC1COc2ccccc2O1. The molecule has 0 spiro atoms. The molecule has 10 heteroatoms. The van der Waals surface area contributed by atoms with Gasteiger partial charge in [0.1, 0.15) is 23.4 Å². The highest BCUT2D eigenvalue weighted by Gasteiger charge is 2.26. The Hall–Kier alpha value is -2.85. The summed E-state index contributed by atoms with van der Waals surface area (Å²) in [6.07, 6.45) is -0.510. The highest BCUT2D eigenvalue weighted by Crippen LogP contribution is 2.31. The minimum absolute atomic E-state index is 0.0309. The smallest absolute Gasteiger partial charge is 0.273 e. The van der Waals surface area contributed by atoms with Crippen LogP contribution in [0, 0.1) is 10.1 Å². The fourth-order valence-electron chi connectivity index (χ4n) is 2.44. The summed E-state index contributed by atoms with van der Waals surface area (Å²) >= 11 is 0. The number of para-hydroxylation sites is 2. The highest BCUT2D eigenvalue weighted by atomic mass is 32.2. The Bertz CT molecular complexity index is 930. The number of nitro groups is 1. The van der Waals surface area contributed by atoms with Gasteiger partial charge in [0.2, 0.25) is 10.0 Å². The average Bonchev–Trinajstić information content (AvgIpc) is 2.65. The monoisotopic (exact) mass is 380 g/mol. The molecule has 1 heterocycles. The van der Waals surface area contributed by atoms with E-state index in [0.717, 1.165) is 18.2 Å². The zero-order chi connectivity index (χ0) is 18.7. The van der Waals surface area contributed by atoms with Crippen molar-refractivity contribution in [2.75, 3.05) is 20.3 Å². The zero-order valence-corrected chi connectivity index (χ0v) is 14.6. The molecule has 0 aromatic heterocycles. The molecule has 3 rings (SSSR count). The normalized spacial score (nSPS) is 16.1. The minimum Gasteiger partial charge on any atom is -0.495 e. The Kier molecular flexibility index (Phi) is 4.96. The van der Waals surface area contributed by atoms with Gasteiger partial charge < -0.3 is 14.2 Å². The number of nitrogens with one attached hydrogen (secondary N) is 1. The molecule has 0 fully saturated rings. The first-order chi connectivity index (χ1) is 12.4. The second-order valence-corrected chi connectivity index (χ2v) is 7.18. The highest BCUT2D eigenvalue weighted by molar-refractivity contribution is 7.89. The number of benzene rings is 2. The van der Waals surface area contributed by atoms with Crippen LogP contribution in [0.3, 0.4) is 0 Å². The molecule has 0 amide bonds. The molecule has 2 aromatic rings. The van der Waals surface area contributed by atoms with Crippen molar-refractivity contribution in [1.82, 2.24) is 4.72 Å². The summed E-state index contributed by atoms with van der Waals surface area (Å²) in [6.45, 7) is 0.160. The third-order valence-electron chi connectivity index (χ3n) is 3.72. The molecule has 0 aliphatic carbocycles. The first-order valence-corrected chi connectivity index (χ1v) is 9.09. The maximum absolute atomic E-state index is 12.5. The lowest BCUT2D eigenvalue weighted by Gasteiger charge is -2.26. The van der Waals surface area contributed by atoms with Gasteiger partial charge >= 0.3 is 0 Å². The number of fused-ring (bicyclic) bond motifs is 1. The van der Waals surface area contributed by atoms with E-state index in [1.165, 1.54) is 7.11 Å². The predicted octanol–water partition coefficient (Wildman–Crippen LogP) is 1.72. The summed E-state index contributed by atoms with van der Waals surface area (Å²) in [5, 5.41) is 10.8. The van der Waals surface area contributed by atoms with Crippen LogP contribution in [0.1, 0.15) is 0 Å². The maximum Gasteiger partial charge on any atom is 0.273 e. The quantitative estimate of drug-likeness (QED) is 0.599. The number of sulfonamides is 1. The summed E-state index contributed by atoms with van der Waals surface area (Å²) in [5.74, 6) is 1.03. The lowest BCUT2D eigenvalue weighted by molar-refractivity contribution is -0.385. The topological polar surface area (TPSA) is 117 Å². The first-order valence-electron chi connectivity index (χ1n) is 7.61. The Labute approximate surface area is 149 Å². The molecular formula is C16H16N2O7S. The van der Waals surface area contributed by atoms with Crippen LogP contribution >= 0.6 is 0 Å². The Morgan fingerprint density at radius 1 is 1.27 bits per heavy atom. The molecule has 0 saturated carbocycles. The molecule has 1 unspecified atom stereocenters. The van der Waals surface area contributed by atoms with Gasteiger partial charge in [-0.1, -0.05) is 12.1 Å². The molecule has 1 aliphatic heterocycles. The first kappa shape index (κ1) is 18.0. The van der Waals surface area contributed by atoms with Gasteiger partial charge in [-0.25, -0.2) is 13.1 Å². The summed E-state index contributed by atoms with van der Waals surface area (Å²) in [6, 6.07) is 10.4. The Balaban J connectivity index is 1.73. The summed E-state index contributed by atoms with van der Waals surface area (Å²) < 4.78 is 43.7. The number of rotatable bonds is 6. The van der Waals surface area contributed by atoms with Gasteiger partial charge in [0, 0.05) is 6.07 Å². The molecule has 1 atom stereocenters. The van der Waals surface area contributed by atoms with Crippen LogP contribution < -0.4 is 18.9 Å². The number of hydrogen-bond acceptors (Lipinski definition) is 7. The van der Waals surface area contributed by atoms with Crippen molar-refractivity contribution in [3.8, 4) is 17.2 Å². The van der Waals surface area contributed by atoms with Crippen LogP contribution in [0.15, 0.2) is 47.4 Å². The van der Waals surface area contributed by atoms with Gasteiger partial charge in [0.25, 0.3) is 5.69 Å². The van der Waals surface area contributed by atoms with Crippen molar-refractivity contribution in [1.29, 1.82) is 0 Å². The van der Waals surface area contributed by atoms with Gasteiger partial charge in [0.15, 0.2) is 11.5 Å². The lowest BCUT2D eigenvalue weighted by atomic mass is 10.2. The second-order valence-electron chi connectivity index (χ2n) is 5.44. The average molecular weight is 380 g/mol. The van der Waals surface area contributed by atoms with E-state index in [1.807, 2.05) is 6.07 Å². The summed E-state index contributed by atoms with van der Waals surface area (Å²) in [7, 11) is -2.71. The lowest BCUT2D eigenvalue weighted by Crippen LogP contribution is -2.40. The summed E-state index contributed by atoms with van der Waals surface area (Å²) in [4.78, 5) is 10.00. The van der Waals surface area contributed by atoms with Crippen LogP contribution in [-0.2, 0) is 10.0 Å². The van der Waals surface area contributed by atoms with Crippen molar-refractivity contribution >= 4 is 15.7 Å². The van der Waals surface area contributed by atoms with E-state index < -0.39 is 21.1 Å². The number of nitrogens with zero attached hydrogens (tertiary/aromatic N) is 1. The number of ether oxygens (including phenoxy) is 3. The standard InChI is InChI=1S/C16H16N2O7S/c1-23-15-8-11(18(19)20)6-7-16(15)26(21,22)17-9-12-10-24-13-4-2-3-5-14(13)25-12/h2-8,12,17H,9-10H2,1H3. The maximum atomic E-state index is 12.5. The van der Waals surface area contributed by atoms with Gasteiger partial charge in [0.05, 0.1) is 24.6 Å². The van der Waals surface area contributed by atoms with Crippen molar-refractivity contribution < 1.29 is 27.6 Å². The molecule has 0 radical (unpaired) electrons. The van der Waals surface area contributed by atoms with E-state index in [-0.39, 0.29) is 29.5 Å². The molecule has 1 aliphatic rings. The van der Waals surface area contributed by atoms with E-state index in [4.69, 9.17) is 14.2 Å². The predicted molar refractivity (Wildman–Crippen MR) is 91.2 cm³/mol. The molecule has 26 heavy (non-hydrogen) atoms. The van der Waals surface area contributed by atoms with Crippen LogP contribution in [-0.4, -0.2) is 39.7 Å². The molecule has 1 N–H and O–H groups in total. The fraction of sp³-hybridized carbons (Fsp3) is 0.250. The minimum atomic E-state index is -3.96. The number of nitro benzene ring substituents is 1. The largest absolute Gasteiger partial charge is 0.495 e. The van der Waals surface area contributed by atoms with E-state index in [1.54, 1.807) is 18.2 Å². The summed E-state index contributed by atoms with van der Waals surface area (Å²) in [5.41, 5.74) is -0.263. The Morgan fingerprint density at radius 3 is 2.69 bits per heavy atom. The third kappa shape index (κ3) is 3.70. The van der Waals surface area contributed by atoms with Crippen molar-refractivity contribution in [2.24, 2.45) is 0 Å². The van der Waals surface area contributed by atoms with Crippen LogP contribution in [0.2, 0.25) is 0 Å². The van der Waals surface area contributed by atoms with Crippen molar-refractivity contribution in [2.45, 2.75) is 11.0 Å². The van der Waals surface area contributed by atoms with Crippen molar-refractivity contribution in [3.05, 3.63) is 52.6 Å². The second kappa shape index (κ2) is 7.18. The van der Waals surface area contributed by atoms with E-state index in [2.05, 4.69) is 4.72 Å². The Morgan fingerprint density at radius 2 is 2.00 bits per heavy atom. The van der Waals surface area contributed by atoms with E-state index >= 15 is 0 Å². The molecule has 0 bridgehead atoms. The molecule has 9 nitrogen and oxygen atoms in total. The molecule has 2 aromatic carbocycles.